The van der Waals surface area contributed by atoms with Crippen LogP contribution in [0.25, 0.3) is 10.5 Å². The summed E-state index contributed by atoms with van der Waals surface area (Å²) >= 11 is 0. The van der Waals surface area contributed by atoms with Gasteiger partial charge in [0, 0.05) is 5.41 Å². The smallest absolute Gasteiger partial charge is 0.336 e. The molecule has 0 bridgehead atoms. The van der Waals surface area contributed by atoms with Crippen molar-refractivity contribution in [3.63, 3.8) is 0 Å². The van der Waals surface area contributed by atoms with E-state index in [1.807, 2.05) is 51.1 Å². The minimum Gasteiger partial charge on any atom is -0.336 e. The number of nitrogens with zero attached hydrogens (tertiary/aromatic N) is 5. The quantitative estimate of drug-likeness (QED) is 0.567. The Balaban J connectivity index is 2.10. The molecule has 1 N–H and O–H groups in total. The molecule has 3 aromatic rings. The SMILES string of the molecule is [C-]#[N+]c1cnn(-c2ccccc2)c1N=Nc1c(C(C)(C)C)[nH]oc1=O. The van der Waals surface area contributed by atoms with Crippen LogP contribution in [0.4, 0.5) is 17.2 Å². The van der Waals surface area contributed by atoms with Gasteiger partial charge in [0.05, 0.1) is 24.2 Å². The molecular formula is C17H16N6O2. The molecule has 2 aromatic heterocycles. The molecule has 126 valence electrons. The molecule has 0 aliphatic rings. The Kier molecular flexibility index (Phi) is 4.07. The molecule has 0 radical (unpaired) electrons. The van der Waals surface area contributed by atoms with Crippen molar-refractivity contribution in [2.24, 2.45) is 10.2 Å². The largest absolute Gasteiger partial charge is 0.384 e. The van der Waals surface area contributed by atoms with Crippen LogP contribution in [0.2, 0.25) is 0 Å². The summed E-state index contributed by atoms with van der Waals surface area (Å²) in [6.07, 6.45) is 1.42. The van der Waals surface area contributed by atoms with E-state index < -0.39 is 5.63 Å². The van der Waals surface area contributed by atoms with E-state index in [9.17, 15) is 4.79 Å². The van der Waals surface area contributed by atoms with Crippen LogP contribution >= 0.6 is 0 Å². The molecule has 25 heavy (non-hydrogen) atoms. The third-order valence-electron chi connectivity index (χ3n) is 3.52. The summed E-state index contributed by atoms with van der Waals surface area (Å²) in [5, 5.41) is 15.0. The third-order valence-corrected chi connectivity index (χ3v) is 3.52. The second kappa shape index (κ2) is 6.20. The number of H-pyrrole nitrogens is 1. The monoisotopic (exact) mass is 336 g/mol. The van der Waals surface area contributed by atoms with Crippen molar-refractivity contribution >= 4 is 17.2 Å². The first-order valence-electron chi connectivity index (χ1n) is 7.56. The average molecular weight is 336 g/mol. The fourth-order valence-corrected chi connectivity index (χ4v) is 2.26. The first-order chi connectivity index (χ1) is 11.9. The van der Waals surface area contributed by atoms with Crippen LogP contribution in [0.15, 0.2) is 56.1 Å². The van der Waals surface area contributed by atoms with Gasteiger partial charge in [-0.3, -0.25) is 0 Å². The number of nitrogens with one attached hydrogen (secondary N) is 1. The summed E-state index contributed by atoms with van der Waals surface area (Å²) in [4.78, 5) is 15.3. The Morgan fingerprint density at radius 2 is 1.96 bits per heavy atom. The topological polar surface area (TPSA) is 92.9 Å². The van der Waals surface area contributed by atoms with E-state index in [4.69, 9.17) is 11.1 Å². The Labute approximate surface area is 143 Å². The zero-order valence-corrected chi connectivity index (χ0v) is 14.0. The zero-order chi connectivity index (χ0) is 18.0. The lowest BCUT2D eigenvalue weighted by atomic mass is 9.91. The number of hydrogen-bond donors (Lipinski definition) is 1. The first kappa shape index (κ1) is 16.4. The van der Waals surface area contributed by atoms with E-state index in [0.717, 1.165) is 5.69 Å². The van der Waals surface area contributed by atoms with E-state index >= 15 is 0 Å². The number of para-hydroxylation sites is 1. The summed E-state index contributed by atoms with van der Waals surface area (Å²) < 4.78 is 6.35. The lowest BCUT2D eigenvalue weighted by Gasteiger charge is -2.14. The number of rotatable bonds is 3. The number of benzene rings is 1. The Bertz CT molecular complexity index is 1010. The zero-order valence-electron chi connectivity index (χ0n) is 14.0. The third kappa shape index (κ3) is 3.12. The highest BCUT2D eigenvalue weighted by Crippen LogP contribution is 2.33. The second-order valence-corrected chi connectivity index (χ2v) is 6.38. The maximum atomic E-state index is 11.9. The molecule has 1 aromatic carbocycles. The molecule has 0 amide bonds. The van der Waals surface area contributed by atoms with Crippen molar-refractivity contribution in [3.8, 4) is 5.69 Å². The van der Waals surface area contributed by atoms with E-state index in [2.05, 4.69) is 25.3 Å². The molecule has 0 atom stereocenters. The number of aromatic nitrogens is 3. The summed E-state index contributed by atoms with van der Waals surface area (Å²) in [7, 11) is 0. The molecule has 0 saturated carbocycles. The van der Waals surface area contributed by atoms with Crippen LogP contribution in [-0.2, 0) is 5.41 Å². The number of azo groups is 1. The van der Waals surface area contributed by atoms with Crippen LogP contribution in [0.1, 0.15) is 26.5 Å². The molecule has 0 fully saturated rings. The highest BCUT2D eigenvalue weighted by atomic mass is 16.5. The van der Waals surface area contributed by atoms with Crippen LogP contribution < -0.4 is 5.63 Å². The van der Waals surface area contributed by atoms with Crippen molar-refractivity contribution in [1.82, 2.24) is 14.9 Å². The fraction of sp³-hybridized carbons (Fsp3) is 0.235. The van der Waals surface area contributed by atoms with Crippen molar-refractivity contribution in [2.45, 2.75) is 26.2 Å². The van der Waals surface area contributed by atoms with Gasteiger partial charge in [-0.05, 0) is 12.1 Å². The van der Waals surface area contributed by atoms with Gasteiger partial charge in [0.2, 0.25) is 0 Å². The standard InChI is InChI=1S/C17H16N6O2/c1-17(2,3)14-13(16(24)25-22-14)20-21-15-12(18-4)10-19-23(15)11-8-6-5-7-9-11/h5-10,22H,1-3H3. The molecule has 2 heterocycles. The minimum atomic E-state index is -0.608. The van der Waals surface area contributed by atoms with Gasteiger partial charge in [0.25, 0.3) is 5.69 Å². The normalized spacial score (nSPS) is 11.8. The van der Waals surface area contributed by atoms with Gasteiger partial charge in [-0.15, -0.1) is 10.2 Å². The van der Waals surface area contributed by atoms with Crippen molar-refractivity contribution in [1.29, 1.82) is 0 Å². The van der Waals surface area contributed by atoms with E-state index in [1.165, 1.54) is 10.9 Å². The molecule has 0 unspecified atom stereocenters. The summed E-state index contributed by atoms with van der Waals surface area (Å²) in [5.41, 5.74) is 0.626. The highest BCUT2D eigenvalue weighted by Gasteiger charge is 2.24. The van der Waals surface area contributed by atoms with Crippen molar-refractivity contribution in [2.75, 3.05) is 0 Å². The van der Waals surface area contributed by atoms with Crippen LogP contribution in [0.3, 0.4) is 0 Å². The average Bonchev–Trinajstić information content (AvgIpc) is 3.16. The molecule has 0 saturated heterocycles. The molecule has 0 aliphatic carbocycles. The second-order valence-electron chi connectivity index (χ2n) is 6.38. The predicted molar refractivity (Wildman–Crippen MR) is 92.0 cm³/mol. The van der Waals surface area contributed by atoms with Gasteiger partial charge in [-0.2, -0.15) is 5.10 Å². The van der Waals surface area contributed by atoms with Crippen molar-refractivity contribution < 1.29 is 4.52 Å². The molecule has 8 heteroatoms. The number of aromatic amines is 1. The Morgan fingerprint density at radius 3 is 2.60 bits per heavy atom. The van der Waals surface area contributed by atoms with Crippen molar-refractivity contribution in [3.05, 3.63) is 64.1 Å². The van der Waals surface area contributed by atoms with Crippen LogP contribution in [0, 0.1) is 6.57 Å². The first-order valence-corrected chi connectivity index (χ1v) is 7.56. The summed E-state index contributed by atoms with van der Waals surface area (Å²) in [6.45, 7) is 13.0. The van der Waals surface area contributed by atoms with Gasteiger partial charge in [0.1, 0.15) is 0 Å². The lowest BCUT2D eigenvalue weighted by Crippen LogP contribution is -2.12. The van der Waals surface area contributed by atoms with Crippen LogP contribution in [0.5, 0.6) is 0 Å². The lowest BCUT2D eigenvalue weighted by molar-refractivity contribution is 0.370. The van der Waals surface area contributed by atoms with E-state index in [-0.39, 0.29) is 22.6 Å². The molecule has 8 nitrogen and oxygen atoms in total. The van der Waals surface area contributed by atoms with Gasteiger partial charge < -0.3 is 4.52 Å². The molecule has 0 aliphatic heterocycles. The van der Waals surface area contributed by atoms with Gasteiger partial charge in [-0.25, -0.2) is 19.5 Å². The van der Waals surface area contributed by atoms with E-state index in [1.54, 1.807) is 0 Å². The summed E-state index contributed by atoms with van der Waals surface area (Å²) in [6, 6.07) is 9.27. The molecular weight excluding hydrogens is 320 g/mol. The maximum Gasteiger partial charge on any atom is 0.384 e. The maximum absolute atomic E-state index is 11.9. The summed E-state index contributed by atoms with van der Waals surface area (Å²) in [5.74, 6) is 0.252. The highest BCUT2D eigenvalue weighted by molar-refractivity contribution is 5.64. The van der Waals surface area contributed by atoms with Crippen LogP contribution in [-0.4, -0.2) is 14.9 Å². The van der Waals surface area contributed by atoms with E-state index in [0.29, 0.717) is 5.69 Å². The van der Waals surface area contributed by atoms with Gasteiger partial charge in [-0.1, -0.05) is 39.0 Å². The molecule has 0 spiro atoms. The Hall–Kier alpha value is -3.47. The minimum absolute atomic E-state index is 0.0873. The fourth-order valence-electron chi connectivity index (χ4n) is 2.26. The van der Waals surface area contributed by atoms with Gasteiger partial charge in [0.15, 0.2) is 11.5 Å². The number of hydrogen-bond acceptors (Lipinski definition) is 5. The van der Waals surface area contributed by atoms with Gasteiger partial charge >= 0.3 is 5.63 Å². The Morgan fingerprint density at radius 1 is 1.24 bits per heavy atom. The molecule has 3 rings (SSSR count). The predicted octanol–water partition coefficient (Wildman–Crippen LogP) is 4.42.